The van der Waals surface area contributed by atoms with Crippen LogP contribution < -0.4 is 5.32 Å². The fraction of sp³-hybridized carbons (Fsp3) is 0.800. The van der Waals surface area contributed by atoms with Crippen molar-refractivity contribution in [1.82, 2.24) is 15.1 Å². The Bertz CT molecular complexity index is 313. The maximum absolute atomic E-state index is 4.27. The molecule has 1 N–H and O–H groups in total. The van der Waals surface area contributed by atoms with E-state index in [0.717, 1.165) is 18.9 Å². The van der Waals surface area contributed by atoms with Gasteiger partial charge in [0, 0.05) is 19.3 Å². The lowest BCUT2D eigenvalue weighted by Gasteiger charge is -2.27. The molecule has 0 spiro atoms. The summed E-state index contributed by atoms with van der Waals surface area (Å²) in [5.41, 5.74) is 1.35. The number of nitrogens with zero attached hydrogens (tertiary/aromatic N) is 2. The van der Waals surface area contributed by atoms with Crippen molar-refractivity contribution in [3.05, 3.63) is 18.0 Å². The van der Waals surface area contributed by atoms with Gasteiger partial charge in [-0.1, -0.05) is 33.6 Å². The van der Waals surface area contributed by atoms with Crippen LogP contribution >= 0.6 is 0 Å². The van der Waals surface area contributed by atoms with E-state index in [2.05, 4.69) is 37.4 Å². The molecule has 1 atom stereocenters. The maximum atomic E-state index is 4.27. The molecule has 0 aliphatic carbocycles. The Morgan fingerprint density at radius 1 is 1.22 bits per heavy atom. The van der Waals surface area contributed by atoms with Gasteiger partial charge in [0.2, 0.25) is 0 Å². The first-order valence-electron chi connectivity index (χ1n) is 7.42. The monoisotopic (exact) mass is 251 g/mol. The first-order chi connectivity index (χ1) is 8.71. The van der Waals surface area contributed by atoms with Crippen LogP contribution in [-0.2, 0) is 13.5 Å². The van der Waals surface area contributed by atoms with Crippen molar-refractivity contribution < 1.29 is 0 Å². The molecule has 104 valence electrons. The van der Waals surface area contributed by atoms with Gasteiger partial charge in [0.1, 0.15) is 0 Å². The second-order valence-corrected chi connectivity index (χ2v) is 5.23. The fourth-order valence-corrected chi connectivity index (χ4v) is 2.79. The van der Waals surface area contributed by atoms with Crippen molar-refractivity contribution in [3.63, 3.8) is 0 Å². The summed E-state index contributed by atoms with van der Waals surface area (Å²) in [6.45, 7) is 7.82. The Balaban J connectivity index is 2.66. The fourth-order valence-electron chi connectivity index (χ4n) is 2.79. The lowest BCUT2D eigenvalue weighted by atomic mass is 9.87. The third kappa shape index (κ3) is 4.81. The highest BCUT2D eigenvalue weighted by Gasteiger charge is 2.20. The molecule has 18 heavy (non-hydrogen) atoms. The van der Waals surface area contributed by atoms with Crippen LogP contribution in [0, 0.1) is 5.92 Å². The van der Waals surface area contributed by atoms with Crippen molar-refractivity contribution in [2.45, 2.75) is 58.9 Å². The van der Waals surface area contributed by atoms with Gasteiger partial charge in [-0.15, -0.1) is 0 Å². The van der Waals surface area contributed by atoms with Crippen LogP contribution in [0.1, 0.15) is 52.0 Å². The molecule has 1 aromatic rings. The van der Waals surface area contributed by atoms with Gasteiger partial charge < -0.3 is 5.32 Å². The molecule has 0 radical (unpaired) electrons. The van der Waals surface area contributed by atoms with Crippen molar-refractivity contribution in [2.75, 3.05) is 6.54 Å². The third-order valence-corrected chi connectivity index (χ3v) is 3.57. The number of hydrogen-bond donors (Lipinski definition) is 1. The van der Waals surface area contributed by atoms with E-state index in [9.17, 15) is 0 Å². The summed E-state index contributed by atoms with van der Waals surface area (Å²) in [6, 6.07) is 0.596. The third-order valence-electron chi connectivity index (χ3n) is 3.57. The Morgan fingerprint density at radius 3 is 2.33 bits per heavy atom. The first-order valence-corrected chi connectivity index (χ1v) is 7.42. The number of aromatic nitrogens is 2. The zero-order chi connectivity index (χ0) is 13.4. The van der Waals surface area contributed by atoms with Crippen LogP contribution in [0.4, 0.5) is 0 Å². The Morgan fingerprint density at radius 2 is 1.89 bits per heavy atom. The zero-order valence-corrected chi connectivity index (χ0v) is 12.4. The number of nitrogens with one attached hydrogen (secondary N) is 1. The SMILES string of the molecule is CCCC(CCC)C(Cc1cnn(C)c1)NCC. The number of hydrogen-bond acceptors (Lipinski definition) is 2. The van der Waals surface area contributed by atoms with Crippen LogP contribution in [0.2, 0.25) is 0 Å². The minimum Gasteiger partial charge on any atom is -0.314 e. The lowest BCUT2D eigenvalue weighted by molar-refractivity contribution is 0.312. The second kappa shape index (κ2) is 8.30. The Hall–Kier alpha value is -0.830. The molecule has 1 heterocycles. The van der Waals surface area contributed by atoms with Gasteiger partial charge >= 0.3 is 0 Å². The Kier molecular flexibility index (Phi) is 7.02. The number of likely N-dealkylation sites (N-methyl/N-ethyl adjacent to an activating group) is 1. The average molecular weight is 251 g/mol. The van der Waals surface area contributed by atoms with Gasteiger partial charge in [-0.3, -0.25) is 4.68 Å². The number of aryl methyl sites for hydroxylation is 1. The van der Waals surface area contributed by atoms with Crippen molar-refractivity contribution in [2.24, 2.45) is 13.0 Å². The van der Waals surface area contributed by atoms with E-state index in [0.29, 0.717) is 6.04 Å². The van der Waals surface area contributed by atoms with Crippen molar-refractivity contribution in [3.8, 4) is 0 Å². The van der Waals surface area contributed by atoms with E-state index in [1.807, 2.05) is 17.9 Å². The molecule has 0 fully saturated rings. The molecule has 3 heteroatoms. The highest BCUT2D eigenvalue weighted by Crippen LogP contribution is 2.21. The van der Waals surface area contributed by atoms with Crippen LogP contribution in [0.3, 0.4) is 0 Å². The molecule has 0 aliphatic rings. The van der Waals surface area contributed by atoms with E-state index >= 15 is 0 Å². The zero-order valence-electron chi connectivity index (χ0n) is 12.4. The standard InChI is InChI=1S/C15H29N3/c1-5-8-14(9-6-2)15(16-7-3)10-13-11-17-18(4)12-13/h11-12,14-16H,5-10H2,1-4H3. The van der Waals surface area contributed by atoms with Crippen LogP contribution in [0.5, 0.6) is 0 Å². The summed E-state index contributed by atoms with van der Waals surface area (Å²) >= 11 is 0. The quantitative estimate of drug-likeness (QED) is 0.730. The highest BCUT2D eigenvalue weighted by molar-refractivity contribution is 5.06. The molecular formula is C15H29N3. The molecule has 3 nitrogen and oxygen atoms in total. The lowest BCUT2D eigenvalue weighted by Crippen LogP contribution is -2.38. The predicted molar refractivity (Wildman–Crippen MR) is 77.7 cm³/mol. The normalized spacial score (nSPS) is 13.2. The molecule has 0 bridgehead atoms. The average Bonchev–Trinajstić information content (AvgIpc) is 2.74. The molecule has 0 amide bonds. The largest absolute Gasteiger partial charge is 0.314 e. The minimum absolute atomic E-state index is 0.596. The molecular weight excluding hydrogens is 222 g/mol. The summed E-state index contributed by atoms with van der Waals surface area (Å²) in [4.78, 5) is 0. The summed E-state index contributed by atoms with van der Waals surface area (Å²) in [7, 11) is 1.99. The summed E-state index contributed by atoms with van der Waals surface area (Å²) in [5, 5.41) is 7.94. The first kappa shape index (κ1) is 15.2. The molecule has 0 saturated heterocycles. The van der Waals surface area contributed by atoms with Gasteiger partial charge in [-0.2, -0.15) is 5.10 Å². The van der Waals surface area contributed by atoms with Gasteiger partial charge in [0.25, 0.3) is 0 Å². The number of rotatable bonds is 9. The molecule has 0 aromatic carbocycles. The summed E-state index contributed by atoms with van der Waals surface area (Å²) < 4.78 is 1.90. The van der Waals surface area contributed by atoms with Gasteiger partial charge in [-0.05, 0) is 37.3 Å². The van der Waals surface area contributed by atoms with Gasteiger partial charge in [0.15, 0.2) is 0 Å². The molecule has 0 aliphatic heterocycles. The van der Waals surface area contributed by atoms with E-state index < -0.39 is 0 Å². The van der Waals surface area contributed by atoms with Gasteiger partial charge in [-0.25, -0.2) is 0 Å². The van der Waals surface area contributed by atoms with E-state index in [1.165, 1.54) is 31.2 Å². The molecule has 0 saturated carbocycles. The van der Waals surface area contributed by atoms with Gasteiger partial charge in [0.05, 0.1) is 6.20 Å². The van der Waals surface area contributed by atoms with Crippen molar-refractivity contribution >= 4 is 0 Å². The van der Waals surface area contributed by atoms with E-state index in [4.69, 9.17) is 0 Å². The topological polar surface area (TPSA) is 29.9 Å². The Labute approximate surface area is 112 Å². The van der Waals surface area contributed by atoms with E-state index in [-0.39, 0.29) is 0 Å². The van der Waals surface area contributed by atoms with Crippen LogP contribution in [-0.4, -0.2) is 22.4 Å². The smallest absolute Gasteiger partial charge is 0.0522 e. The van der Waals surface area contributed by atoms with E-state index in [1.54, 1.807) is 0 Å². The summed E-state index contributed by atoms with van der Waals surface area (Å²) in [6.07, 6.45) is 10.4. The predicted octanol–water partition coefficient (Wildman–Crippen LogP) is 3.16. The van der Waals surface area contributed by atoms with Crippen molar-refractivity contribution in [1.29, 1.82) is 0 Å². The maximum Gasteiger partial charge on any atom is 0.0522 e. The second-order valence-electron chi connectivity index (χ2n) is 5.23. The molecule has 1 unspecified atom stereocenters. The summed E-state index contributed by atoms with van der Waals surface area (Å²) in [5.74, 6) is 0.792. The van der Waals surface area contributed by atoms with Crippen LogP contribution in [0.25, 0.3) is 0 Å². The molecule has 1 aromatic heterocycles. The van der Waals surface area contributed by atoms with Crippen LogP contribution in [0.15, 0.2) is 12.4 Å². The molecule has 1 rings (SSSR count). The highest BCUT2D eigenvalue weighted by atomic mass is 15.2. The minimum atomic E-state index is 0.596.